The molecule has 1 aromatic heterocycles. The van der Waals surface area contributed by atoms with Gasteiger partial charge >= 0.3 is 11.9 Å². The molecule has 0 radical (unpaired) electrons. The molecule has 0 atom stereocenters. The van der Waals surface area contributed by atoms with Gasteiger partial charge in [-0.2, -0.15) is 0 Å². The predicted molar refractivity (Wildman–Crippen MR) is 59.9 cm³/mol. The van der Waals surface area contributed by atoms with Crippen LogP contribution in [0.5, 0.6) is 0 Å². The van der Waals surface area contributed by atoms with Crippen LogP contribution in [0.15, 0.2) is 36.7 Å². The van der Waals surface area contributed by atoms with Crippen molar-refractivity contribution in [3.8, 4) is 0 Å². The first-order valence-corrected chi connectivity index (χ1v) is 5.21. The zero-order chi connectivity index (χ0) is 13.5. The highest BCUT2D eigenvalue weighted by Gasteiger charge is 2.10. The summed E-state index contributed by atoms with van der Waals surface area (Å²) in [5.74, 6) is -1.07. The lowest BCUT2D eigenvalue weighted by atomic mass is 10.3. The van der Waals surface area contributed by atoms with Crippen LogP contribution in [0.4, 0.5) is 0 Å². The zero-order valence-corrected chi connectivity index (χ0v) is 9.96. The maximum atomic E-state index is 11.5. The molecule has 0 aliphatic carbocycles. The van der Waals surface area contributed by atoms with E-state index in [4.69, 9.17) is 14.7 Å². The van der Waals surface area contributed by atoms with E-state index in [-0.39, 0.29) is 18.8 Å². The molecule has 0 amide bonds. The molecule has 0 bridgehead atoms. The fourth-order valence-electron chi connectivity index (χ4n) is 1.03. The fourth-order valence-corrected chi connectivity index (χ4v) is 1.03. The van der Waals surface area contributed by atoms with E-state index in [1.54, 1.807) is 0 Å². The number of carbonyl (C=O) groups is 2. The Morgan fingerprint density at radius 3 is 2.39 bits per heavy atom. The summed E-state index contributed by atoms with van der Waals surface area (Å²) in [7, 11) is 0. The molecular weight excluding hydrogens is 238 g/mol. The monoisotopic (exact) mass is 252 g/mol. The molecule has 96 valence electrons. The second kappa shape index (κ2) is 6.39. The van der Waals surface area contributed by atoms with E-state index in [0.717, 1.165) is 4.73 Å². The molecular formula is C12H14NO5+. The van der Waals surface area contributed by atoms with Gasteiger partial charge in [0.25, 0.3) is 0 Å². The first-order valence-electron chi connectivity index (χ1n) is 5.21. The molecule has 6 nitrogen and oxygen atoms in total. The van der Waals surface area contributed by atoms with Crippen LogP contribution in [-0.2, 0) is 14.3 Å². The van der Waals surface area contributed by atoms with Gasteiger partial charge < -0.3 is 9.47 Å². The van der Waals surface area contributed by atoms with Crippen LogP contribution in [-0.4, -0.2) is 30.4 Å². The van der Waals surface area contributed by atoms with Crippen molar-refractivity contribution in [1.29, 1.82) is 0 Å². The van der Waals surface area contributed by atoms with Gasteiger partial charge in [0, 0.05) is 22.4 Å². The molecule has 0 spiro atoms. The second-order valence-electron chi connectivity index (χ2n) is 3.52. The number of aromatic nitrogens is 1. The number of carbonyl (C=O) groups excluding carboxylic acids is 2. The predicted octanol–water partition coefficient (Wildman–Crippen LogP) is 0.487. The normalized spacial score (nSPS) is 9.61. The van der Waals surface area contributed by atoms with Gasteiger partial charge in [0.15, 0.2) is 0 Å². The van der Waals surface area contributed by atoms with Crippen molar-refractivity contribution in [2.45, 2.75) is 6.92 Å². The van der Waals surface area contributed by atoms with Gasteiger partial charge in [-0.3, -0.25) is 5.21 Å². The van der Waals surface area contributed by atoms with Gasteiger partial charge in [0.05, 0.1) is 5.56 Å². The lowest BCUT2D eigenvalue weighted by Crippen LogP contribution is -2.28. The summed E-state index contributed by atoms with van der Waals surface area (Å²) in [5.41, 5.74) is 0.586. The number of esters is 2. The van der Waals surface area contributed by atoms with Crippen molar-refractivity contribution in [1.82, 2.24) is 0 Å². The number of ether oxygens (including phenoxy) is 2. The number of rotatable bonds is 5. The maximum absolute atomic E-state index is 11.5. The fraction of sp³-hybridized carbons (Fsp3) is 0.250. The number of hydrogen-bond donors (Lipinski definition) is 1. The maximum Gasteiger partial charge on any atom is 0.338 e. The molecule has 18 heavy (non-hydrogen) atoms. The van der Waals surface area contributed by atoms with Gasteiger partial charge in [-0.15, -0.1) is 0 Å². The van der Waals surface area contributed by atoms with Crippen molar-refractivity contribution in [2.75, 3.05) is 13.2 Å². The van der Waals surface area contributed by atoms with Crippen molar-refractivity contribution in [3.63, 3.8) is 0 Å². The average Bonchev–Trinajstić information content (AvgIpc) is 2.34. The van der Waals surface area contributed by atoms with Gasteiger partial charge in [0.2, 0.25) is 12.4 Å². The highest BCUT2D eigenvalue weighted by molar-refractivity contribution is 5.89. The quantitative estimate of drug-likeness (QED) is 0.271. The first kappa shape index (κ1) is 13.7. The smallest absolute Gasteiger partial charge is 0.338 e. The van der Waals surface area contributed by atoms with E-state index >= 15 is 0 Å². The van der Waals surface area contributed by atoms with E-state index in [9.17, 15) is 9.59 Å². The van der Waals surface area contributed by atoms with E-state index < -0.39 is 11.9 Å². The second-order valence-corrected chi connectivity index (χ2v) is 3.52. The Balaban J connectivity index is 2.32. The minimum absolute atomic E-state index is 0.0235. The van der Waals surface area contributed by atoms with Crippen LogP contribution >= 0.6 is 0 Å². The number of hydrogen-bond acceptors (Lipinski definition) is 5. The standard InChI is InChI=1S/C12H14NO5/c1-9(2)11(14)17-7-8-18-12(15)10-3-5-13(16)6-4-10/h3-6,16H,1,7-8H2,2H3/q+1. The summed E-state index contributed by atoms with van der Waals surface area (Å²) in [6.07, 6.45) is 2.61. The van der Waals surface area contributed by atoms with Crippen LogP contribution in [0.1, 0.15) is 17.3 Å². The lowest BCUT2D eigenvalue weighted by molar-refractivity contribution is -0.904. The van der Waals surface area contributed by atoms with E-state index in [1.165, 1.54) is 31.5 Å². The Morgan fingerprint density at radius 1 is 1.28 bits per heavy atom. The molecule has 1 N–H and O–H groups in total. The lowest BCUT2D eigenvalue weighted by Gasteiger charge is -2.05. The molecule has 0 saturated heterocycles. The zero-order valence-electron chi connectivity index (χ0n) is 9.96. The molecule has 0 fully saturated rings. The van der Waals surface area contributed by atoms with Gasteiger partial charge in [-0.1, -0.05) is 6.58 Å². The topological polar surface area (TPSA) is 76.7 Å². The third-order valence-corrected chi connectivity index (χ3v) is 1.95. The molecule has 0 unspecified atom stereocenters. The Hall–Kier alpha value is -2.37. The van der Waals surface area contributed by atoms with Crippen molar-refractivity contribution in [2.24, 2.45) is 0 Å². The summed E-state index contributed by atoms with van der Waals surface area (Å²) in [6, 6.07) is 2.81. The Labute approximate surface area is 104 Å². The molecule has 0 aliphatic rings. The summed E-state index contributed by atoms with van der Waals surface area (Å²) in [4.78, 5) is 22.5. The Bertz CT molecular complexity index is 452. The van der Waals surface area contributed by atoms with E-state index in [0.29, 0.717) is 5.56 Å². The molecule has 0 aliphatic heterocycles. The Kier molecular flexibility index (Phi) is 4.86. The molecule has 0 saturated carbocycles. The van der Waals surface area contributed by atoms with Crippen molar-refractivity contribution >= 4 is 11.9 Å². The third kappa shape index (κ3) is 4.25. The van der Waals surface area contributed by atoms with Gasteiger partial charge in [-0.05, 0) is 6.92 Å². The highest BCUT2D eigenvalue weighted by Crippen LogP contribution is 1.98. The SMILES string of the molecule is C=C(C)C(=O)OCCOC(=O)c1cc[n+](O)cc1. The van der Waals surface area contributed by atoms with Crippen LogP contribution in [0.2, 0.25) is 0 Å². The number of pyridine rings is 1. The van der Waals surface area contributed by atoms with Gasteiger partial charge in [-0.25, -0.2) is 9.59 Å². The minimum atomic E-state index is -0.554. The minimum Gasteiger partial charge on any atom is -0.459 e. The summed E-state index contributed by atoms with van der Waals surface area (Å²) in [5, 5.41) is 8.96. The Morgan fingerprint density at radius 2 is 1.83 bits per heavy atom. The average molecular weight is 252 g/mol. The molecule has 1 aromatic rings. The largest absolute Gasteiger partial charge is 0.459 e. The van der Waals surface area contributed by atoms with Crippen LogP contribution in [0.3, 0.4) is 0 Å². The van der Waals surface area contributed by atoms with Crippen molar-refractivity contribution < 1.29 is 29.0 Å². The van der Waals surface area contributed by atoms with Crippen molar-refractivity contribution in [3.05, 3.63) is 42.2 Å². The molecule has 0 aromatic carbocycles. The third-order valence-electron chi connectivity index (χ3n) is 1.95. The molecule has 6 heteroatoms. The van der Waals surface area contributed by atoms with Crippen LogP contribution < -0.4 is 4.73 Å². The summed E-state index contributed by atoms with van der Waals surface area (Å²) >= 11 is 0. The summed E-state index contributed by atoms with van der Waals surface area (Å²) in [6.45, 7) is 4.89. The van der Waals surface area contributed by atoms with Crippen LogP contribution in [0.25, 0.3) is 0 Å². The summed E-state index contributed by atoms with van der Waals surface area (Å²) < 4.78 is 10.4. The van der Waals surface area contributed by atoms with Gasteiger partial charge in [0.1, 0.15) is 13.2 Å². The first-order chi connectivity index (χ1) is 8.50. The molecule has 1 rings (SSSR count). The number of nitrogens with zero attached hydrogens (tertiary/aromatic N) is 1. The van der Waals surface area contributed by atoms with E-state index in [2.05, 4.69) is 6.58 Å². The highest BCUT2D eigenvalue weighted by atomic mass is 16.6. The van der Waals surface area contributed by atoms with E-state index in [1.807, 2.05) is 0 Å². The molecule has 1 heterocycles. The van der Waals surface area contributed by atoms with Crippen LogP contribution in [0, 0.1) is 0 Å².